The molecule has 27 heteroatoms. The maximum Gasteiger partial charge on any atom is 0.183 e. The maximum atomic E-state index is 4.59. The summed E-state index contributed by atoms with van der Waals surface area (Å²) in [5.41, 5.74) is 7.21. The molecule has 27 nitrogen and oxygen atoms in total. The van der Waals surface area contributed by atoms with Crippen molar-refractivity contribution in [2.45, 2.75) is 238 Å². The summed E-state index contributed by atoms with van der Waals surface area (Å²) in [4.78, 5) is 91.8. The quantitative estimate of drug-likeness (QED) is 0.0465. The van der Waals surface area contributed by atoms with Gasteiger partial charge in [-0.1, -0.05) is 83.1 Å². The molecule has 540 valence electrons. The molecule has 12 heterocycles. The van der Waals surface area contributed by atoms with Gasteiger partial charge in [-0.15, -0.1) is 0 Å². The van der Waals surface area contributed by atoms with Crippen molar-refractivity contribution in [3.63, 3.8) is 0 Å². The summed E-state index contributed by atoms with van der Waals surface area (Å²) >= 11 is 0. The van der Waals surface area contributed by atoms with Crippen molar-refractivity contribution in [3.05, 3.63) is 128 Å². The molecule has 0 amide bonds. The first kappa shape index (κ1) is 78.9. The molecule has 0 unspecified atom stereocenters. The van der Waals surface area contributed by atoms with Gasteiger partial charge in [0.05, 0.1) is 39.7 Å². The lowest BCUT2D eigenvalue weighted by Crippen LogP contribution is -2.14. The molecule has 6 N–H and O–H groups in total. The zero-order valence-corrected chi connectivity index (χ0v) is 64.0. The number of rotatable bonds is 18. The average molecular weight is 1380 g/mol. The second kappa shape index (κ2) is 37.3. The molecule has 0 saturated heterocycles. The third-order valence-electron chi connectivity index (χ3n) is 14.3. The number of pyridine rings is 3. The Morgan fingerprint density at radius 3 is 1.11 bits per heavy atom. The molecule has 0 atom stereocenters. The molecule has 0 radical (unpaired) electrons. The number of hydrogen-bond acceptors (Lipinski definition) is 27. The van der Waals surface area contributed by atoms with Crippen LogP contribution in [-0.2, 0) is 0 Å². The fourth-order valence-corrected chi connectivity index (χ4v) is 9.47. The van der Waals surface area contributed by atoms with Crippen molar-refractivity contribution < 1.29 is 0 Å². The topological polar surface area (TPSA) is 343 Å². The van der Waals surface area contributed by atoms with Crippen LogP contribution in [0.3, 0.4) is 0 Å². The smallest absolute Gasteiger partial charge is 0.183 e. The van der Waals surface area contributed by atoms with E-state index in [-0.39, 0.29) is 17.8 Å². The lowest BCUT2D eigenvalue weighted by molar-refractivity contribution is 0.775. The van der Waals surface area contributed by atoms with E-state index in [0.717, 1.165) is 125 Å². The van der Waals surface area contributed by atoms with Gasteiger partial charge >= 0.3 is 0 Å². The number of nitrogens with one attached hydrogen (secondary N) is 6. The van der Waals surface area contributed by atoms with Gasteiger partial charge in [0.15, 0.2) is 28.7 Å². The summed E-state index contributed by atoms with van der Waals surface area (Å²) in [6.45, 7) is 50.0. The van der Waals surface area contributed by atoms with E-state index in [1.54, 1.807) is 49.6 Å². The van der Waals surface area contributed by atoms with Gasteiger partial charge in [0, 0.05) is 121 Å². The number of anilines is 6. The summed E-state index contributed by atoms with van der Waals surface area (Å²) < 4.78 is 0. The minimum Gasteiger partial charge on any atom is -0.367 e. The largest absolute Gasteiger partial charge is 0.367 e. The normalized spacial score (nSPS) is 11.4. The fourth-order valence-electron chi connectivity index (χ4n) is 9.47. The molecular weight excluding hydrogens is 1280 g/mol. The molecule has 0 saturated carbocycles. The van der Waals surface area contributed by atoms with Gasteiger partial charge in [-0.25, -0.2) is 89.7 Å². The summed E-state index contributed by atoms with van der Waals surface area (Å²) in [6.07, 6.45) is 18.7. The second-order valence-electron chi connectivity index (χ2n) is 28.2. The van der Waals surface area contributed by atoms with Crippen molar-refractivity contribution in [1.82, 2.24) is 105 Å². The first-order chi connectivity index (χ1) is 48.5. The van der Waals surface area contributed by atoms with E-state index in [0.29, 0.717) is 65.3 Å². The maximum absolute atomic E-state index is 4.59. The Labute approximate surface area is 600 Å². The van der Waals surface area contributed by atoms with Crippen LogP contribution in [0.1, 0.15) is 237 Å². The molecular formula is C75H105N27. The fraction of sp³-hybridized carbons (Fsp3) is 0.480. The first-order valence-electron chi connectivity index (χ1n) is 35.3. The predicted octanol–water partition coefficient (Wildman–Crippen LogP) is 16.0. The Bertz CT molecular complexity index is 3880. The monoisotopic (exact) mass is 1380 g/mol. The van der Waals surface area contributed by atoms with Crippen LogP contribution in [0.4, 0.5) is 34.9 Å². The van der Waals surface area contributed by atoms with E-state index in [1.165, 1.54) is 12.7 Å². The van der Waals surface area contributed by atoms with Gasteiger partial charge in [0.25, 0.3) is 0 Å². The van der Waals surface area contributed by atoms with Crippen molar-refractivity contribution in [2.75, 3.05) is 31.9 Å². The Balaban J connectivity index is 0.000000172. The molecule has 0 aromatic carbocycles. The molecule has 0 fully saturated rings. The molecule has 102 heavy (non-hydrogen) atoms. The van der Waals surface area contributed by atoms with Crippen LogP contribution in [0.5, 0.6) is 0 Å². The molecule has 0 aliphatic rings. The highest BCUT2D eigenvalue weighted by Gasteiger charge is 2.18. The van der Waals surface area contributed by atoms with E-state index in [1.807, 2.05) is 30.5 Å². The van der Waals surface area contributed by atoms with Crippen LogP contribution in [-0.4, -0.2) is 141 Å². The van der Waals surface area contributed by atoms with Gasteiger partial charge < -0.3 is 31.9 Å². The first-order valence-corrected chi connectivity index (χ1v) is 35.3. The Kier molecular flexibility index (Phi) is 28.8. The molecule has 12 aromatic heterocycles. The van der Waals surface area contributed by atoms with Crippen LogP contribution in [0.25, 0.3) is 66.1 Å². The number of nitrogens with zero attached hydrogens (tertiary/aromatic N) is 21. The highest BCUT2D eigenvalue weighted by Crippen LogP contribution is 2.28. The average Bonchev–Trinajstić information content (AvgIpc) is 0.852. The zero-order valence-electron chi connectivity index (χ0n) is 64.0. The summed E-state index contributed by atoms with van der Waals surface area (Å²) in [6, 6.07) is 9.69. The van der Waals surface area contributed by atoms with Crippen LogP contribution in [0, 0.1) is 0 Å². The standard InChI is InChI=1S/3C13H18N4.3C12H17N5/c1-8(2)12-16-11-5-6-14-7-10(11)13(17-12)15-9(3)4;1-8(2)12-16-11-7-14-6-5-10(11)13(17-12)15-9(3)4;1-8(2)12-16-10-6-5-7-14-11(10)13(17-12)15-9(3)4;1-7(2)11-16-9-5-13-6-14-10(9)12(17-11)15-8(3)4;1-7(2)10-16-11-9(5-13-6-14-11)12(17-10)15-8(3)4;1-7(2)10-16-11-9(13-5-6-14-11)12(17-10)15-8(3)4/h3*5-9H,1-4H3,(H,15,16,17);5-8H,1-4H3,(H,15,16,17);5-8H,1-4H3,(H,13,14,15,16,17);5-8H,1-4H3,(H,14,15,16,17). The minimum atomic E-state index is 0.272. The Hall–Kier alpha value is -10.5. The van der Waals surface area contributed by atoms with Gasteiger partial charge in [-0.05, 0) is 107 Å². The summed E-state index contributed by atoms with van der Waals surface area (Å²) in [5, 5.41) is 22.8. The number of fused-ring (bicyclic) bond motifs is 6. The second-order valence-corrected chi connectivity index (χ2v) is 28.2. The van der Waals surface area contributed by atoms with Crippen LogP contribution in [0.15, 0.2) is 92.7 Å². The van der Waals surface area contributed by atoms with Crippen molar-refractivity contribution in [2.24, 2.45) is 0 Å². The summed E-state index contributed by atoms with van der Waals surface area (Å²) in [5.74, 6) is 11.7. The van der Waals surface area contributed by atoms with E-state index < -0.39 is 0 Å². The SMILES string of the molecule is CC(C)Nc1nc(C(C)C)nc2cccnc12.CC(C)Nc1nc(C(C)C)nc2ccncc12.CC(C)Nc1nc(C(C)C)nc2cnccc12.CC(C)Nc1nc(C(C)C)nc2cncnc12.CC(C)Nc1nc(C(C)C)nc2nccnc12.CC(C)Nc1nc(C(C)C)nc2ncncc12. The molecule has 0 spiro atoms. The minimum absolute atomic E-state index is 0.272. The lowest BCUT2D eigenvalue weighted by atomic mass is 10.2. The highest BCUT2D eigenvalue weighted by atomic mass is 15.1. The van der Waals surface area contributed by atoms with Crippen LogP contribution in [0.2, 0.25) is 0 Å². The van der Waals surface area contributed by atoms with Gasteiger partial charge in [0.1, 0.15) is 87.1 Å². The molecule has 12 aromatic rings. The predicted molar refractivity (Wildman–Crippen MR) is 414 cm³/mol. The van der Waals surface area contributed by atoms with Gasteiger partial charge in [-0.3, -0.25) is 15.0 Å². The molecule has 0 aliphatic heterocycles. The molecule has 0 aliphatic carbocycles. The lowest BCUT2D eigenvalue weighted by Gasteiger charge is -2.14. The van der Waals surface area contributed by atoms with Crippen molar-refractivity contribution in [3.8, 4) is 0 Å². The number of hydrogen-bond donors (Lipinski definition) is 6. The van der Waals surface area contributed by atoms with Crippen LogP contribution < -0.4 is 31.9 Å². The molecule has 0 bridgehead atoms. The summed E-state index contributed by atoms with van der Waals surface area (Å²) in [7, 11) is 0. The Morgan fingerprint density at radius 1 is 0.235 bits per heavy atom. The van der Waals surface area contributed by atoms with Gasteiger partial charge in [0.2, 0.25) is 0 Å². The molecule has 12 rings (SSSR count). The van der Waals surface area contributed by atoms with E-state index >= 15 is 0 Å². The van der Waals surface area contributed by atoms with Crippen LogP contribution >= 0.6 is 0 Å². The van der Waals surface area contributed by atoms with E-state index in [9.17, 15) is 0 Å². The van der Waals surface area contributed by atoms with Gasteiger partial charge in [-0.2, -0.15) is 0 Å². The Morgan fingerprint density at radius 2 is 0.588 bits per heavy atom. The van der Waals surface area contributed by atoms with Crippen molar-refractivity contribution >= 4 is 101 Å². The van der Waals surface area contributed by atoms with E-state index in [2.05, 4.69) is 303 Å². The number of aromatic nitrogens is 21. The highest BCUT2D eigenvalue weighted by molar-refractivity contribution is 5.90. The van der Waals surface area contributed by atoms with Crippen molar-refractivity contribution in [1.29, 1.82) is 0 Å². The third-order valence-corrected chi connectivity index (χ3v) is 14.3. The van der Waals surface area contributed by atoms with E-state index in [4.69, 9.17) is 0 Å². The zero-order chi connectivity index (χ0) is 74.5. The third kappa shape index (κ3) is 22.8.